The topological polar surface area (TPSA) is 68.6 Å². The van der Waals surface area contributed by atoms with Crippen LogP contribution >= 0.6 is 0 Å². The second-order valence-electron chi connectivity index (χ2n) is 8.25. The lowest BCUT2D eigenvalue weighted by Crippen LogP contribution is -2.17. The van der Waals surface area contributed by atoms with Crippen molar-refractivity contribution in [1.29, 1.82) is 0 Å². The van der Waals surface area contributed by atoms with Crippen LogP contribution in [0.15, 0.2) is 83.2 Å². The fourth-order valence-electron chi connectivity index (χ4n) is 4.27. The number of ether oxygens (including phenoxy) is 2. The number of hydrogen-bond acceptors (Lipinski definition) is 4. The van der Waals surface area contributed by atoms with E-state index in [2.05, 4.69) is 18.0 Å². The normalized spacial score (nSPS) is 13.8. The summed E-state index contributed by atoms with van der Waals surface area (Å²) in [7, 11) is 3.23. The maximum absolute atomic E-state index is 13.7. The monoisotopic (exact) mass is 481 g/mol. The molecule has 1 N–H and O–H groups in total. The van der Waals surface area contributed by atoms with E-state index in [0.717, 1.165) is 27.9 Å². The van der Waals surface area contributed by atoms with E-state index >= 15 is 0 Å². The summed E-state index contributed by atoms with van der Waals surface area (Å²) in [5, 5.41) is 0.961. The van der Waals surface area contributed by atoms with Crippen LogP contribution in [0.5, 0.6) is 5.75 Å². The molecule has 0 saturated heterocycles. The minimum absolute atomic E-state index is 0.137. The predicted molar refractivity (Wildman–Crippen MR) is 146 cm³/mol. The number of H-pyrrole nitrogens is 1. The van der Waals surface area contributed by atoms with E-state index in [1.165, 1.54) is 0 Å². The largest absolute Gasteiger partial charge is 0.497 e. The van der Waals surface area contributed by atoms with Gasteiger partial charge in [0.25, 0.3) is 5.91 Å². The number of nitrogens with one attached hydrogen (secondary N) is 1. The highest BCUT2D eigenvalue weighted by molar-refractivity contribution is 6.17. The third-order valence-corrected chi connectivity index (χ3v) is 5.97. The first kappa shape index (κ1) is 24.8. The molecule has 6 heteroatoms. The van der Waals surface area contributed by atoms with E-state index in [9.17, 15) is 4.79 Å². The number of para-hydroxylation sites is 1. The van der Waals surface area contributed by atoms with E-state index < -0.39 is 0 Å². The summed E-state index contributed by atoms with van der Waals surface area (Å²) in [4.78, 5) is 21.9. The van der Waals surface area contributed by atoms with Crippen LogP contribution in [-0.2, 0) is 4.74 Å². The molecule has 184 valence electrons. The quantitative estimate of drug-likeness (QED) is 0.346. The Morgan fingerprint density at radius 1 is 0.972 bits per heavy atom. The lowest BCUT2D eigenvalue weighted by atomic mass is 10.2. The van der Waals surface area contributed by atoms with E-state index in [0.29, 0.717) is 34.2 Å². The predicted octanol–water partition coefficient (Wildman–Crippen LogP) is 6.68. The molecule has 0 atom stereocenters. The van der Waals surface area contributed by atoms with Crippen molar-refractivity contribution in [2.45, 2.75) is 27.7 Å². The van der Waals surface area contributed by atoms with Crippen LogP contribution in [0.4, 0.5) is 0 Å². The van der Waals surface area contributed by atoms with Gasteiger partial charge in [-0.2, -0.15) is 0 Å². The Bertz CT molecular complexity index is 1500. The van der Waals surface area contributed by atoms with Crippen molar-refractivity contribution >= 4 is 28.6 Å². The molecule has 0 bridgehead atoms. The number of fused-ring (bicyclic) bond motifs is 1. The molecule has 0 aliphatic carbocycles. The number of methoxy groups -OCH3 is 2. The Morgan fingerprint density at radius 3 is 2.33 bits per heavy atom. The smallest absolute Gasteiger partial charge is 0.262 e. The van der Waals surface area contributed by atoms with Crippen LogP contribution in [0.3, 0.4) is 0 Å². The molecule has 5 rings (SSSR count). The summed E-state index contributed by atoms with van der Waals surface area (Å²) < 4.78 is 12.6. The first-order chi connectivity index (χ1) is 17.5. The number of nitrogens with zero attached hydrogens (tertiary/aromatic N) is 2. The molecule has 0 amide bonds. The van der Waals surface area contributed by atoms with Gasteiger partial charge in [-0.05, 0) is 68.0 Å². The Balaban J connectivity index is 0.00000148. The Morgan fingerprint density at radius 2 is 1.69 bits per heavy atom. The van der Waals surface area contributed by atoms with Gasteiger partial charge in [-0.15, -0.1) is 0 Å². The number of allylic oxidation sites excluding steroid dienone is 1. The molecule has 2 aromatic heterocycles. The van der Waals surface area contributed by atoms with Crippen molar-refractivity contribution in [3.05, 3.63) is 106 Å². The van der Waals surface area contributed by atoms with Gasteiger partial charge in [-0.3, -0.25) is 9.36 Å². The number of aryl methyl sites for hydroxylation is 2. The first-order valence-electron chi connectivity index (χ1n) is 12.0. The summed E-state index contributed by atoms with van der Waals surface area (Å²) in [6.45, 7) is 8.08. The van der Waals surface area contributed by atoms with E-state index in [1.807, 2.05) is 63.3 Å². The number of aliphatic imine (C=N–C) groups is 1. The number of aromatic nitrogens is 2. The molecule has 0 saturated carbocycles. The zero-order valence-corrected chi connectivity index (χ0v) is 21.5. The van der Waals surface area contributed by atoms with Crippen LogP contribution in [0, 0.1) is 13.8 Å². The number of benzene rings is 2. The van der Waals surface area contributed by atoms with Crippen LogP contribution in [-0.4, -0.2) is 35.4 Å². The van der Waals surface area contributed by atoms with Gasteiger partial charge in [0.2, 0.25) is 0 Å². The highest BCUT2D eigenvalue weighted by Gasteiger charge is 2.24. The second kappa shape index (κ2) is 10.5. The first-order valence-corrected chi connectivity index (χ1v) is 12.0. The maximum atomic E-state index is 13.7. The Hall–Kier alpha value is -4.32. The Kier molecular flexibility index (Phi) is 7.25. The maximum Gasteiger partial charge on any atom is 0.262 e. The second-order valence-corrected chi connectivity index (χ2v) is 8.25. The molecule has 3 heterocycles. The lowest BCUT2D eigenvalue weighted by molar-refractivity contribution is 0.0964. The van der Waals surface area contributed by atoms with Gasteiger partial charge >= 0.3 is 0 Å². The van der Waals surface area contributed by atoms with Crippen molar-refractivity contribution in [2.24, 2.45) is 4.99 Å². The minimum Gasteiger partial charge on any atom is -0.497 e. The molecule has 2 aromatic carbocycles. The molecule has 0 radical (unpaired) electrons. The van der Waals surface area contributed by atoms with Gasteiger partial charge in [0.1, 0.15) is 17.2 Å². The average molecular weight is 482 g/mol. The number of rotatable bonds is 5. The minimum atomic E-state index is -0.137. The Labute approximate surface area is 211 Å². The third kappa shape index (κ3) is 4.62. The van der Waals surface area contributed by atoms with Gasteiger partial charge in [-0.25, -0.2) is 4.99 Å². The molecule has 0 unspecified atom stereocenters. The molecule has 1 aliphatic rings. The fraction of sp³-hybridized carbons (Fsp3) is 0.200. The molecule has 1 aliphatic heterocycles. The van der Waals surface area contributed by atoms with Gasteiger partial charge < -0.3 is 14.5 Å². The summed E-state index contributed by atoms with van der Waals surface area (Å²) in [5.74, 6) is 1.21. The molecular formula is C30H31N3O3. The van der Waals surface area contributed by atoms with Crippen molar-refractivity contribution < 1.29 is 14.3 Å². The fourth-order valence-corrected chi connectivity index (χ4v) is 4.27. The van der Waals surface area contributed by atoms with E-state index in [-0.39, 0.29) is 5.91 Å². The average Bonchev–Trinajstić information content (AvgIpc) is 3.59. The molecule has 4 aromatic rings. The number of carbonyl (C=O) groups is 1. The van der Waals surface area contributed by atoms with Crippen molar-refractivity contribution in [2.75, 3.05) is 14.2 Å². The van der Waals surface area contributed by atoms with Gasteiger partial charge in [0.05, 0.1) is 31.1 Å². The van der Waals surface area contributed by atoms with Crippen LogP contribution in [0.25, 0.3) is 17.0 Å². The molecule has 0 spiro atoms. The summed E-state index contributed by atoms with van der Waals surface area (Å²) in [6.07, 6.45) is 3.85. The van der Waals surface area contributed by atoms with Crippen molar-refractivity contribution in [3.8, 4) is 5.75 Å². The number of hydrogen-bond donors (Lipinski definition) is 1. The molecular weight excluding hydrogens is 450 g/mol. The van der Waals surface area contributed by atoms with Crippen molar-refractivity contribution in [3.63, 3.8) is 0 Å². The van der Waals surface area contributed by atoms with Gasteiger partial charge in [0.15, 0.2) is 0 Å². The van der Waals surface area contributed by atoms with Crippen LogP contribution < -0.4 is 4.74 Å². The zero-order valence-electron chi connectivity index (χ0n) is 21.5. The SMILES string of the molecule is CC.COC1=CC(c2cc3ccccc3n2C(=O)c2ccc(OC)cc2)=N/C1=C\c1[nH]c(C)cc1C. The van der Waals surface area contributed by atoms with Crippen LogP contribution in [0.1, 0.15) is 46.9 Å². The molecule has 36 heavy (non-hydrogen) atoms. The highest BCUT2D eigenvalue weighted by Crippen LogP contribution is 2.29. The van der Waals surface area contributed by atoms with E-state index in [4.69, 9.17) is 14.5 Å². The lowest BCUT2D eigenvalue weighted by Gasteiger charge is -2.09. The zero-order chi connectivity index (χ0) is 25.8. The van der Waals surface area contributed by atoms with Gasteiger partial charge in [0, 0.05) is 28.4 Å². The van der Waals surface area contributed by atoms with Crippen LogP contribution in [0.2, 0.25) is 0 Å². The molecule has 0 fully saturated rings. The van der Waals surface area contributed by atoms with Gasteiger partial charge in [-0.1, -0.05) is 32.0 Å². The van der Waals surface area contributed by atoms with Crippen molar-refractivity contribution in [1.82, 2.24) is 9.55 Å². The van der Waals surface area contributed by atoms with E-state index in [1.54, 1.807) is 43.1 Å². The summed E-state index contributed by atoms with van der Waals surface area (Å²) >= 11 is 0. The highest BCUT2D eigenvalue weighted by atomic mass is 16.5. The molecule has 6 nitrogen and oxygen atoms in total. The summed E-state index contributed by atoms with van der Waals surface area (Å²) in [5.41, 5.74) is 6.66. The number of carbonyl (C=O) groups excluding carboxylic acids is 1. The summed E-state index contributed by atoms with van der Waals surface area (Å²) in [6, 6.07) is 19.0. The number of aromatic amines is 1. The standard InChI is InChI=1S/C28H25N3O3.C2H6/c1-17-13-18(2)29-22(17)15-24-27(34-4)16-23(30-24)26-14-20-7-5-6-8-25(20)31(26)28(32)19-9-11-21(33-3)12-10-19;1-2/h5-16,29H,1-4H3;1-2H3/b24-15-;. The third-order valence-electron chi connectivity index (χ3n) is 5.97.